The van der Waals surface area contributed by atoms with Gasteiger partial charge in [-0.3, -0.25) is 0 Å². The zero-order chi connectivity index (χ0) is 10.8. The Kier molecular flexibility index (Phi) is 3.23. The van der Waals surface area contributed by atoms with Crippen LogP contribution in [0, 0.1) is 0 Å². The van der Waals surface area contributed by atoms with Crippen LogP contribution in [0.15, 0.2) is 18.2 Å². The first kappa shape index (κ1) is 11.1. The minimum Gasteiger partial charge on any atom is -0.497 e. The van der Waals surface area contributed by atoms with Crippen molar-refractivity contribution >= 4 is 25.4 Å². The molecule has 0 saturated carbocycles. The number of halogens is 1. The number of hydrogen-bond donors (Lipinski definition) is 1. The summed E-state index contributed by atoms with van der Waals surface area (Å²) >= 11 is 0. The van der Waals surface area contributed by atoms with Gasteiger partial charge in [0.25, 0.3) is 0 Å². The molecule has 2 N–H and O–H groups in total. The molecule has 0 heterocycles. The molecule has 4 nitrogen and oxygen atoms in total. The highest BCUT2D eigenvalue weighted by atomic mass is 35.7. The first-order valence-electron chi connectivity index (χ1n) is 3.77. The van der Waals surface area contributed by atoms with E-state index in [2.05, 4.69) is 0 Å². The Labute approximate surface area is 87.0 Å². The molecule has 0 aromatic heterocycles. The van der Waals surface area contributed by atoms with Crippen molar-refractivity contribution in [3.8, 4) is 5.75 Å². The maximum Gasteiger partial charge on any atom is 0.236 e. The van der Waals surface area contributed by atoms with Crippen molar-refractivity contribution in [2.75, 3.05) is 12.8 Å². The molecule has 1 aromatic rings. The second-order valence-electron chi connectivity index (χ2n) is 2.75. The van der Waals surface area contributed by atoms with E-state index in [1.807, 2.05) is 0 Å². The van der Waals surface area contributed by atoms with Gasteiger partial charge in [-0.05, 0) is 11.6 Å². The van der Waals surface area contributed by atoms with Gasteiger partial charge in [0.15, 0.2) is 0 Å². The molecule has 1 aromatic carbocycles. The largest absolute Gasteiger partial charge is 0.497 e. The van der Waals surface area contributed by atoms with E-state index in [0.29, 0.717) is 17.0 Å². The highest BCUT2D eigenvalue weighted by molar-refractivity contribution is 8.13. The summed E-state index contributed by atoms with van der Waals surface area (Å²) in [4.78, 5) is 0. The van der Waals surface area contributed by atoms with Crippen LogP contribution in [0.1, 0.15) is 5.56 Å². The van der Waals surface area contributed by atoms with Gasteiger partial charge in [-0.25, -0.2) is 8.42 Å². The molecule has 0 aliphatic rings. The molecule has 0 aliphatic heterocycles. The standard InChI is InChI=1S/C8H10ClNO3S/c1-13-7-3-2-6(8(10)4-7)5-14(9,11)12/h2-4H,5,10H2,1H3. The van der Waals surface area contributed by atoms with Gasteiger partial charge in [-0.2, -0.15) is 0 Å². The summed E-state index contributed by atoms with van der Waals surface area (Å²) in [6.07, 6.45) is 0. The fraction of sp³-hybridized carbons (Fsp3) is 0.250. The summed E-state index contributed by atoms with van der Waals surface area (Å²) in [6, 6.07) is 4.76. The second-order valence-corrected chi connectivity index (χ2v) is 5.52. The summed E-state index contributed by atoms with van der Waals surface area (Å²) in [5, 5.41) is 0. The number of methoxy groups -OCH3 is 1. The average Bonchev–Trinajstić information content (AvgIpc) is 2.06. The van der Waals surface area contributed by atoms with Crippen LogP contribution in [-0.4, -0.2) is 15.5 Å². The Balaban J connectivity index is 3.01. The topological polar surface area (TPSA) is 69.4 Å². The van der Waals surface area contributed by atoms with Crippen molar-refractivity contribution in [3.63, 3.8) is 0 Å². The van der Waals surface area contributed by atoms with E-state index in [1.165, 1.54) is 7.11 Å². The van der Waals surface area contributed by atoms with Crippen LogP contribution in [0.3, 0.4) is 0 Å². The lowest BCUT2D eigenvalue weighted by Crippen LogP contribution is -2.00. The molecular weight excluding hydrogens is 226 g/mol. The summed E-state index contributed by atoms with van der Waals surface area (Å²) in [5.41, 5.74) is 6.43. The lowest BCUT2D eigenvalue weighted by atomic mass is 10.2. The van der Waals surface area contributed by atoms with Gasteiger partial charge >= 0.3 is 0 Å². The monoisotopic (exact) mass is 235 g/mol. The number of nitrogen functional groups attached to an aromatic ring is 1. The summed E-state index contributed by atoms with van der Waals surface area (Å²) < 4.78 is 26.5. The molecule has 0 spiro atoms. The Bertz CT molecular complexity index is 430. The minimum absolute atomic E-state index is 0.273. The Morgan fingerprint density at radius 2 is 2.14 bits per heavy atom. The molecule has 0 radical (unpaired) electrons. The van der Waals surface area contributed by atoms with Crippen molar-refractivity contribution < 1.29 is 13.2 Å². The van der Waals surface area contributed by atoms with E-state index >= 15 is 0 Å². The molecule has 0 amide bonds. The predicted molar refractivity (Wildman–Crippen MR) is 55.9 cm³/mol. The Hall–Kier alpha value is -0.940. The molecule has 6 heteroatoms. The third-order valence-electron chi connectivity index (χ3n) is 1.68. The van der Waals surface area contributed by atoms with Gasteiger partial charge in [-0.1, -0.05) is 6.07 Å². The third kappa shape index (κ3) is 3.08. The van der Waals surface area contributed by atoms with E-state index in [1.54, 1.807) is 18.2 Å². The maximum atomic E-state index is 10.8. The van der Waals surface area contributed by atoms with Crippen molar-refractivity contribution in [1.29, 1.82) is 0 Å². The zero-order valence-electron chi connectivity index (χ0n) is 7.53. The highest BCUT2D eigenvalue weighted by Crippen LogP contribution is 2.22. The number of anilines is 1. The van der Waals surface area contributed by atoms with Crippen LogP contribution in [-0.2, 0) is 14.8 Å². The molecular formula is C8H10ClNO3S. The lowest BCUT2D eigenvalue weighted by molar-refractivity contribution is 0.415. The summed E-state index contributed by atoms with van der Waals surface area (Å²) in [6.45, 7) is 0. The van der Waals surface area contributed by atoms with Crippen LogP contribution in [0.25, 0.3) is 0 Å². The second kappa shape index (κ2) is 4.06. The van der Waals surface area contributed by atoms with Crippen LogP contribution in [0.4, 0.5) is 5.69 Å². The Morgan fingerprint density at radius 3 is 2.57 bits per heavy atom. The molecule has 0 bridgehead atoms. The fourth-order valence-corrected chi connectivity index (χ4v) is 2.00. The third-order valence-corrected chi connectivity index (χ3v) is 2.66. The number of hydrogen-bond acceptors (Lipinski definition) is 4. The first-order valence-corrected chi connectivity index (χ1v) is 6.25. The molecule has 0 atom stereocenters. The van der Waals surface area contributed by atoms with Gasteiger partial charge in [0.1, 0.15) is 5.75 Å². The molecule has 0 unspecified atom stereocenters. The van der Waals surface area contributed by atoms with Crippen molar-refractivity contribution in [3.05, 3.63) is 23.8 Å². The quantitative estimate of drug-likeness (QED) is 0.634. The van der Waals surface area contributed by atoms with Crippen molar-refractivity contribution in [2.24, 2.45) is 0 Å². The van der Waals surface area contributed by atoms with Gasteiger partial charge in [0.2, 0.25) is 9.05 Å². The van der Waals surface area contributed by atoms with Gasteiger partial charge in [-0.15, -0.1) is 0 Å². The van der Waals surface area contributed by atoms with Gasteiger partial charge in [0, 0.05) is 22.4 Å². The van der Waals surface area contributed by atoms with Gasteiger partial charge < -0.3 is 10.5 Å². The molecule has 78 valence electrons. The number of nitrogens with two attached hydrogens (primary N) is 1. The minimum atomic E-state index is -3.57. The van der Waals surface area contributed by atoms with Crippen LogP contribution >= 0.6 is 10.7 Å². The van der Waals surface area contributed by atoms with Crippen LogP contribution in [0.2, 0.25) is 0 Å². The average molecular weight is 236 g/mol. The number of rotatable bonds is 3. The predicted octanol–water partition coefficient (Wildman–Crippen LogP) is 1.35. The van der Waals surface area contributed by atoms with E-state index in [0.717, 1.165) is 0 Å². The molecule has 1 rings (SSSR count). The molecule has 0 saturated heterocycles. The van der Waals surface area contributed by atoms with E-state index in [4.69, 9.17) is 21.2 Å². The fourth-order valence-electron chi connectivity index (χ4n) is 1.02. The number of benzene rings is 1. The molecule has 0 aliphatic carbocycles. The molecule has 0 fully saturated rings. The Morgan fingerprint density at radius 1 is 1.50 bits per heavy atom. The SMILES string of the molecule is COc1ccc(CS(=O)(=O)Cl)c(N)c1. The van der Waals surface area contributed by atoms with Gasteiger partial charge in [0.05, 0.1) is 12.9 Å². The highest BCUT2D eigenvalue weighted by Gasteiger charge is 2.10. The van der Waals surface area contributed by atoms with E-state index in [9.17, 15) is 8.42 Å². The van der Waals surface area contributed by atoms with Crippen LogP contribution < -0.4 is 10.5 Å². The van der Waals surface area contributed by atoms with Crippen molar-refractivity contribution in [1.82, 2.24) is 0 Å². The maximum absolute atomic E-state index is 10.8. The first-order chi connectivity index (χ1) is 6.42. The summed E-state index contributed by atoms with van der Waals surface area (Å²) in [7, 11) is 3.04. The normalized spacial score (nSPS) is 11.3. The van der Waals surface area contributed by atoms with E-state index in [-0.39, 0.29) is 5.75 Å². The number of ether oxygens (including phenoxy) is 1. The smallest absolute Gasteiger partial charge is 0.236 e. The van der Waals surface area contributed by atoms with Crippen molar-refractivity contribution in [2.45, 2.75) is 5.75 Å². The summed E-state index contributed by atoms with van der Waals surface area (Å²) in [5.74, 6) is 0.308. The molecule has 14 heavy (non-hydrogen) atoms. The zero-order valence-corrected chi connectivity index (χ0v) is 9.10. The lowest BCUT2D eigenvalue weighted by Gasteiger charge is -2.05. The van der Waals surface area contributed by atoms with Crippen LogP contribution in [0.5, 0.6) is 5.75 Å². The van der Waals surface area contributed by atoms with E-state index < -0.39 is 9.05 Å².